The van der Waals surface area contributed by atoms with E-state index in [0.29, 0.717) is 10.2 Å². The lowest BCUT2D eigenvalue weighted by Crippen LogP contribution is -2.38. The van der Waals surface area contributed by atoms with E-state index in [0.717, 1.165) is 32.5 Å². The molecule has 1 aliphatic heterocycles. The van der Waals surface area contributed by atoms with Crippen LogP contribution in [0.1, 0.15) is 17.7 Å². The molecule has 0 aliphatic carbocycles. The molecule has 0 spiro atoms. The predicted molar refractivity (Wildman–Crippen MR) is 99.2 cm³/mol. The van der Waals surface area contributed by atoms with Crippen molar-refractivity contribution in [1.29, 1.82) is 0 Å². The molecule has 0 atom stereocenters. The first kappa shape index (κ1) is 17.1. The van der Waals surface area contributed by atoms with Crippen LogP contribution in [-0.4, -0.2) is 33.9 Å². The number of nitrogens with two attached hydrogens (primary N) is 1. The molecule has 0 bridgehead atoms. The minimum absolute atomic E-state index is 0.0687. The summed E-state index contributed by atoms with van der Waals surface area (Å²) < 4.78 is 0.560. The molecule has 9 heteroatoms. The summed E-state index contributed by atoms with van der Waals surface area (Å²) in [5.41, 5.74) is 5.93. The van der Waals surface area contributed by atoms with Crippen molar-refractivity contribution in [2.45, 2.75) is 25.4 Å². The molecule has 2 aromatic rings. The number of halogens is 1. The molecule has 0 saturated carbocycles. The Balaban J connectivity index is 1.64. The highest BCUT2D eigenvalue weighted by atomic mass is 79.9. The van der Waals surface area contributed by atoms with Crippen LogP contribution < -0.4 is 11.1 Å². The molecule has 0 aromatic carbocycles. The molecule has 1 aliphatic rings. The summed E-state index contributed by atoms with van der Waals surface area (Å²) in [6.45, 7) is 2.89. The number of piperidine rings is 1. The lowest BCUT2D eigenvalue weighted by Gasteiger charge is -2.32. The molecular formula is C15H18BrN5O2S. The van der Waals surface area contributed by atoms with Crippen LogP contribution in [0.2, 0.25) is 0 Å². The molecule has 0 radical (unpaired) electrons. The van der Waals surface area contributed by atoms with Crippen LogP contribution in [0.4, 0.5) is 17.2 Å². The van der Waals surface area contributed by atoms with E-state index in [4.69, 9.17) is 5.73 Å². The van der Waals surface area contributed by atoms with E-state index in [1.807, 2.05) is 0 Å². The lowest BCUT2D eigenvalue weighted by molar-refractivity contribution is -0.383. The summed E-state index contributed by atoms with van der Waals surface area (Å²) in [4.78, 5) is 18.4. The quantitative estimate of drug-likeness (QED) is 0.577. The Morgan fingerprint density at radius 3 is 2.88 bits per heavy atom. The number of nitrogen functional groups attached to an aromatic ring is 1. The van der Waals surface area contributed by atoms with Crippen molar-refractivity contribution in [3.05, 3.63) is 43.2 Å². The number of aromatic nitrogens is 1. The number of nitrogens with zero attached hydrogens (tertiary/aromatic N) is 3. The Labute approximate surface area is 152 Å². The topological polar surface area (TPSA) is 97.3 Å². The molecule has 1 saturated heterocycles. The van der Waals surface area contributed by atoms with E-state index in [-0.39, 0.29) is 17.5 Å². The molecule has 7 nitrogen and oxygen atoms in total. The van der Waals surface area contributed by atoms with Gasteiger partial charge in [-0.15, -0.1) is 11.3 Å². The summed E-state index contributed by atoms with van der Waals surface area (Å²) in [6, 6.07) is 4.40. The second-order valence-electron chi connectivity index (χ2n) is 5.75. The molecule has 3 heterocycles. The monoisotopic (exact) mass is 411 g/mol. The Hall–Kier alpha value is -1.71. The zero-order valence-corrected chi connectivity index (χ0v) is 15.3. The Bertz CT molecular complexity index is 717. The minimum Gasteiger partial charge on any atom is -0.378 e. The minimum atomic E-state index is -0.485. The second kappa shape index (κ2) is 7.45. The number of rotatable bonds is 5. The largest absolute Gasteiger partial charge is 0.378 e. The number of hydrogen-bond acceptors (Lipinski definition) is 7. The summed E-state index contributed by atoms with van der Waals surface area (Å²) >= 11 is 5.10. The molecule has 3 N–H and O–H groups in total. The summed E-state index contributed by atoms with van der Waals surface area (Å²) in [7, 11) is 0. The van der Waals surface area contributed by atoms with Gasteiger partial charge in [-0.05, 0) is 40.2 Å². The van der Waals surface area contributed by atoms with Crippen molar-refractivity contribution in [3.8, 4) is 0 Å². The Morgan fingerprint density at radius 1 is 1.50 bits per heavy atom. The zero-order valence-electron chi connectivity index (χ0n) is 12.9. The van der Waals surface area contributed by atoms with Gasteiger partial charge in [-0.3, -0.25) is 15.0 Å². The fourth-order valence-electron chi connectivity index (χ4n) is 2.88. The van der Waals surface area contributed by atoms with Crippen molar-refractivity contribution in [2.75, 3.05) is 24.1 Å². The first-order chi connectivity index (χ1) is 11.5. The van der Waals surface area contributed by atoms with Crippen molar-refractivity contribution in [2.24, 2.45) is 0 Å². The fourth-order valence-corrected chi connectivity index (χ4v) is 4.03. The van der Waals surface area contributed by atoms with Crippen LogP contribution in [0, 0.1) is 10.1 Å². The Kier molecular flexibility index (Phi) is 5.32. The highest BCUT2D eigenvalue weighted by Crippen LogP contribution is 2.36. The third-order valence-electron chi connectivity index (χ3n) is 4.11. The number of nitrogens with one attached hydrogen (secondary N) is 1. The van der Waals surface area contributed by atoms with Gasteiger partial charge in [0.15, 0.2) is 0 Å². The second-order valence-corrected chi connectivity index (χ2v) is 7.63. The summed E-state index contributed by atoms with van der Waals surface area (Å²) in [6.07, 6.45) is 3.35. The average Bonchev–Trinajstić information content (AvgIpc) is 3.05. The maximum atomic E-state index is 11.3. The van der Waals surface area contributed by atoms with E-state index in [1.54, 1.807) is 11.3 Å². The molecule has 3 rings (SSSR count). The summed E-state index contributed by atoms with van der Waals surface area (Å²) in [5.74, 6) is -0.0687. The average molecular weight is 412 g/mol. The van der Waals surface area contributed by atoms with Crippen molar-refractivity contribution in [3.63, 3.8) is 0 Å². The molecule has 128 valence electrons. The van der Waals surface area contributed by atoms with E-state index in [1.165, 1.54) is 11.1 Å². The van der Waals surface area contributed by atoms with Gasteiger partial charge in [0.05, 0.1) is 9.40 Å². The van der Waals surface area contributed by atoms with Crippen molar-refractivity contribution < 1.29 is 4.92 Å². The lowest BCUT2D eigenvalue weighted by atomic mass is 10.0. The van der Waals surface area contributed by atoms with Gasteiger partial charge in [-0.25, -0.2) is 4.98 Å². The number of likely N-dealkylation sites (tertiary alicyclic amines) is 1. The molecular weight excluding hydrogens is 394 g/mol. The molecule has 2 aromatic heterocycles. The van der Waals surface area contributed by atoms with Gasteiger partial charge in [-0.2, -0.15) is 0 Å². The first-order valence-corrected chi connectivity index (χ1v) is 9.31. The number of anilines is 2. The SMILES string of the molecule is Nc1ncc(Br)c(NC2CCN(Cc3cccs3)CC2)c1[N+](=O)[O-]. The fraction of sp³-hybridized carbons (Fsp3) is 0.400. The van der Waals surface area contributed by atoms with Crippen LogP contribution in [0.15, 0.2) is 28.2 Å². The zero-order chi connectivity index (χ0) is 17.1. The molecule has 1 fully saturated rings. The van der Waals surface area contributed by atoms with Gasteiger partial charge in [0, 0.05) is 36.8 Å². The normalized spacial score (nSPS) is 16.2. The number of hydrogen-bond donors (Lipinski definition) is 2. The van der Waals surface area contributed by atoms with Gasteiger partial charge in [0.2, 0.25) is 5.82 Å². The van der Waals surface area contributed by atoms with Crippen LogP contribution >= 0.6 is 27.3 Å². The van der Waals surface area contributed by atoms with Crippen molar-refractivity contribution in [1.82, 2.24) is 9.88 Å². The summed E-state index contributed by atoms with van der Waals surface area (Å²) in [5, 5.41) is 16.7. The van der Waals surface area contributed by atoms with Crippen LogP contribution in [0.5, 0.6) is 0 Å². The van der Waals surface area contributed by atoms with E-state index >= 15 is 0 Å². The maximum absolute atomic E-state index is 11.3. The number of nitro groups is 1. The number of pyridine rings is 1. The van der Waals surface area contributed by atoms with Gasteiger partial charge in [0.25, 0.3) is 0 Å². The highest BCUT2D eigenvalue weighted by molar-refractivity contribution is 9.10. The van der Waals surface area contributed by atoms with E-state index < -0.39 is 4.92 Å². The number of thiophene rings is 1. The highest BCUT2D eigenvalue weighted by Gasteiger charge is 2.26. The smallest absolute Gasteiger partial charge is 0.335 e. The van der Waals surface area contributed by atoms with E-state index in [2.05, 4.69) is 48.6 Å². The van der Waals surface area contributed by atoms with Crippen LogP contribution in [0.25, 0.3) is 0 Å². The third-order valence-corrected chi connectivity index (χ3v) is 5.58. The first-order valence-electron chi connectivity index (χ1n) is 7.64. The van der Waals surface area contributed by atoms with Crippen molar-refractivity contribution >= 4 is 44.5 Å². The molecule has 24 heavy (non-hydrogen) atoms. The van der Waals surface area contributed by atoms with Gasteiger partial charge in [-0.1, -0.05) is 6.07 Å². The molecule has 0 amide bonds. The van der Waals surface area contributed by atoms with E-state index in [9.17, 15) is 10.1 Å². The van der Waals surface area contributed by atoms with Gasteiger partial charge >= 0.3 is 5.69 Å². The van der Waals surface area contributed by atoms with Gasteiger partial charge in [0.1, 0.15) is 5.69 Å². The van der Waals surface area contributed by atoms with Crippen LogP contribution in [-0.2, 0) is 6.54 Å². The predicted octanol–water partition coefficient (Wildman–Crippen LogP) is 3.47. The maximum Gasteiger partial charge on any atom is 0.335 e. The van der Waals surface area contributed by atoms with Crippen LogP contribution in [0.3, 0.4) is 0 Å². The van der Waals surface area contributed by atoms with Gasteiger partial charge < -0.3 is 11.1 Å². The Morgan fingerprint density at radius 2 is 2.25 bits per heavy atom. The standard InChI is InChI=1S/C15H18BrN5O2S/c16-12-8-18-15(17)14(21(22)23)13(12)19-10-3-5-20(6-4-10)9-11-2-1-7-24-11/h1-2,7-8,10H,3-6,9H2,(H3,17,18,19). The molecule has 0 unspecified atom stereocenters. The third kappa shape index (κ3) is 3.85.